The maximum absolute atomic E-state index is 11.7. The van der Waals surface area contributed by atoms with E-state index in [2.05, 4.69) is 33.5 Å². The Labute approximate surface area is 140 Å². The summed E-state index contributed by atoms with van der Waals surface area (Å²) in [4.78, 5) is 19.3. The van der Waals surface area contributed by atoms with Gasteiger partial charge in [-0.2, -0.15) is 0 Å². The van der Waals surface area contributed by atoms with Crippen molar-refractivity contribution < 1.29 is 9.53 Å². The van der Waals surface area contributed by atoms with Crippen LogP contribution in [0.5, 0.6) is 0 Å². The summed E-state index contributed by atoms with van der Waals surface area (Å²) in [7, 11) is 1.37. The fraction of sp³-hybridized carbons (Fsp3) is 0.368. The van der Waals surface area contributed by atoms with Crippen LogP contribution in [0.4, 0.5) is 5.69 Å². The maximum atomic E-state index is 11.7. The number of nitrogens with zero attached hydrogens (tertiary/aromatic N) is 1. The molecule has 1 aromatic carbocycles. The molecule has 3 aromatic rings. The number of fused-ring (bicyclic) bond motifs is 3. The zero-order chi connectivity index (χ0) is 16.5. The number of benzene rings is 1. The highest BCUT2D eigenvalue weighted by Gasteiger charge is 2.15. The normalized spacial score (nSPS) is 15.7. The van der Waals surface area contributed by atoms with E-state index in [-0.39, 0.29) is 0 Å². The van der Waals surface area contributed by atoms with Crippen LogP contribution < -0.4 is 5.32 Å². The molecule has 0 unspecified atom stereocenters. The first-order valence-corrected chi connectivity index (χ1v) is 8.51. The summed E-state index contributed by atoms with van der Waals surface area (Å²) in [6.07, 6.45) is 8.13. The number of ether oxygens (including phenoxy) is 1. The van der Waals surface area contributed by atoms with E-state index in [1.165, 1.54) is 39.2 Å². The molecule has 0 amide bonds. The predicted molar refractivity (Wildman–Crippen MR) is 95.4 cm³/mol. The Morgan fingerprint density at radius 2 is 1.96 bits per heavy atom. The van der Waals surface area contributed by atoms with E-state index in [0.29, 0.717) is 11.7 Å². The Bertz CT molecular complexity index is 894. The lowest BCUT2D eigenvalue weighted by Gasteiger charge is -2.23. The molecule has 2 N–H and O–H groups in total. The predicted octanol–water partition coefficient (Wildman–Crippen LogP) is 4.25. The fourth-order valence-corrected chi connectivity index (χ4v) is 3.59. The van der Waals surface area contributed by atoms with Gasteiger partial charge in [-0.05, 0) is 37.1 Å². The molecule has 124 valence electrons. The van der Waals surface area contributed by atoms with E-state index in [1.807, 2.05) is 0 Å². The first-order chi connectivity index (χ1) is 11.7. The molecule has 5 nitrogen and oxygen atoms in total. The van der Waals surface area contributed by atoms with Crippen LogP contribution in [0.25, 0.3) is 21.8 Å². The van der Waals surface area contributed by atoms with Gasteiger partial charge in [-0.15, -0.1) is 0 Å². The van der Waals surface area contributed by atoms with E-state index in [0.717, 1.165) is 27.5 Å². The third-order valence-corrected chi connectivity index (χ3v) is 4.85. The Morgan fingerprint density at radius 3 is 2.75 bits per heavy atom. The standard InChI is InChI=1S/C19H21N3O2/c1-24-19(23)17-10-15-14-9-13(21-12-5-3-2-4-6-12)7-8-16(14)22-18(15)11-20-17/h7-12,21-22H,2-6H2,1H3. The van der Waals surface area contributed by atoms with Crippen molar-refractivity contribution in [3.05, 3.63) is 36.2 Å². The van der Waals surface area contributed by atoms with Crippen molar-refractivity contribution in [1.82, 2.24) is 9.97 Å². The second-order valence-corrected chi connectivity index (χ2v) is 6.47. The fourth-order valence-electron chi connectivity index (χ4n) is 3.59. The average Bonchev–Trinajstić information content (AvgIpc) is 2.99. The number of rotatable bonds is 3. The van der Waals surface area contributed by atoms with Gasteiger partial charge in [-0.1, -0.05) is 19.3 Å². The molecule has 2 aromatic heterocycles. The van der Waals surface area contributed by atoms with Gasteiger partial charge in [0.05, 0.1) is 18.8 Å². The SMILES string of the molecule is COC(=O)c1cc2c(cn1)[nH]c1ccc(NC3CCCCC3)cc12. The lowest BCUT2D eigenvalue weighted by Crippen LogP contribution is -2.22. The molecular formula is C19H21N3O2. The van der Waals surface area contributed by atoms with Gasteiger partial charge in [-0.25, -0.2) is 9.78 Å². The van der Waals surface area contributed by atoms with Crippen LogP contribution in [0.2, 0.25) is 0 Å². The first-order valence-electron chi connectivity index (χ1n) is 8.51. The van der Waals surface area contributed by atoms with Crippen LogP contribution in [0, 0.1) is 0 Å². The van der Waals surface area contributed by atoms with Crippen LogP contribution in [0.3, 0.4) is 0 Å². The van der Waals surface area contributed by atoms with Crippen LogP contribution in [0.1, 0.15) is 42.6 Å². The zero-order valence-electron chi connectivity index (χ0n) is 13.8. The van der Waals surface area contributed by atoms with Crippen molar-refractivity contribution in [3.63, 3.8) is 0 Å². The zero-order valence-corrected chi connectivity index (χ0v) is 13.8. The van der Waals surface area contributed by atoms with Gasteiger partial charge in [0, 0.05) is 28.0 Å². The lowest BCUT2D eigenvalue weighted by atomic mass is 9.95. The number of aromatic nitrogens is 2. The minimum Gasteiger partial charge on any atom is -0.464 e. The van der Waals surface area contributed by atoms with Gasteiger partial charge >= 0.3 is 5.97 Å². The lowest BCUT2D eigenvalue weighted by molar-refractivity contribution is 0.0594. The molecule has 4 rings (SSSR count). The van der Waals surface area contributed by atoms with Crippen molar-refractivity contribution >= 4 is 33.5 Å². The highest BCUT2D eigenvalue weighted by molar-refractivity contribution is 6.09. The number of pyridine rings is 1. The Morgan fingerprint density at radius 1 is 1.17 bits per heavy atom. The van der Waals surface area contributed by atoms with Gasteiger partial charge in [0.15, 0.2) is 0 Å². The van der Waals surface area contributed by atoms with Gasteiger partial charge in [0.2, 0.25) is 0 Å². The summed E-state index contributed by atoms with van der Waals surface area (Å²) in [5.41, 5.74) is 3.43. The number of aromatic amines is 1. The van der Waals surface area contributed by atoms with Crippen molar-refractivity contribution in [2.75, 3.05) is 12.4 Å². The number of anilines is 1. The van der Waals surface area contributed by atoms with Crippen molar-refractivity contribution in [1.29, 1.82) is 0 Å². The molecule has 2 heterocycles. The molecule has 1 aliphatic carbocycles. The highest BCUT2D eigenvalue weighted by atomic mass is 16.5. The van der Waals surface area contributed by atoms with Gasteiger partial charge < -0.3 is 15.0 Å². The van der Waals surface area contributed by atoms with Crippen molar-refractivity contribution in [2.45, 2.75) is 38.1 Å². The molecular weight excluding hydrogens is 302 g/mol. The third-order valence-electron chi connectivity index (χ3n) is 4.85. The number of carbonyl (C=O) groups is 1. The summed E-state index contributed by atoms with van der Waals surface area (Å²) in [6, 6.07) is 8.71. The van der Waals surface area contributed by atoms with E-state index in [1.54, 1.807) is 12.3 Å². The minimum absolute atomic E-state index is 0.330. The van der Waals surface area contributed by atoms with E-state index in [9.17, 15) is 4.79 Å². The van der Waals surface area contributed by atoms with Crippen LogP contribution in [0.15, 0.2) is 30.5 Å². The topological polar surface area (TPSA) is 67.0 Å². The summed E-state index contributed by atoms with van der Waals surface area (Å²) >= 11 is 0. The minimum atomic E-state index is -0.414. The molecule has 0 saturated heterocycles. The number of esters is 1. The first kappa shape index (κ1) is 15.0. The van der Waals surface area contributed by atoms with Crippen LogP contribution in [-0.4, -0.2) is 29.1 Å². The Balaban J connectivity index is 1.73. The quantitative estimate of drug-likeness (QED) is 0.707. The summed E-state index contributed by atoms with van der Waals surface area (Å²) in [5, 5.41) is 5.74. The second-order valence-electron chi connectivity index (χ2n) is 6.47. The maximum Gasteiger partial charge on any atom is 0.356 e. The van der Waals surface area contributed by atoms with Gasteiger partial charge in [-0.3, -0.25) is 0 Å². The van der Waals surface area contributed by atoms with Crippen molar-refractivity contribution in [3.8, 4) is 0 Å². The Kier molecular flexibility index (Phi) is 3.84. The average molecular weight is 323 g/mol. The summed E-state index contributed by atoms with van der Waals surface area (Å²) in [6.45, 7) is 0. The molecule has 0 atom stereocenters. The molecule has 0 aliphatic heterocycles. The van der Waals surface area contributed by atoms with E-state index < -0.39 is 5.97 Å². The summed E-state index contributed by atoms with van der Waals surface area (Å²) in [5.74, 6) is -0.414. The Hall–Kier alpha value is -2.56. The number of H-pyrrole nitrogens is 1. The molecule has 5 heteroatoms. The molecule has 1 aliphatic rings. The third kappa shape index (κ3) is 2.70. The number of hydrogen-bond donors (Lipinski definition) is 2. The van der Waals surface area contributed by atoms with Crippen LogP contribution in [-0.2, 0) is 4.74 Å². The number of hydrogen-bond acceptors (Lipinski definition) is 4. The highest BCUT2D eigenvalue weighted by Crippen LogP contribution is 2.29. The molecule has 24 heavy (non-hydrogen) atoms. The van der Waals surface area contributed by atoms with Crippen molar-refractivity contribution in [2.24, 2.45) is 0 Å². The monoisotopic (exact) mass is 323 g/mol. The molecule has 1 fully saturated rings. The summed E-state index contributed by atoms with van der Waals surface area (Å²) < 4.78 is 4.77. The second kappa shape index (κ2) is 6.15. The molecule has 0 bridgehead atoms. The molecule has 1 saturated carbocycles. The number of nitrogens with one attached hydrogen (secondary N) is 2. The smallest absolute Gasteiger partial charge is 0.356 e. The molecule has 0 radical (unpaired) electrons. The van der Waals surface area contributed by atoms with Gasteiger partial charge in [0.25, 0.3) is 0 Å². The number of carbonyl (C=O) groups excluding carboxylic acids is 1. The van der Waals surface area contributed by atoms with E-state index >= 15 is 0 Å². The largest absolute Gasteiger partial charge is 0.464 e. The van der Waals surface area contributed by atoms with Gasteiger partial charge in [0.1, 0.15) is 5.69 Å². The number of methoxy groups -OCH3 is 1. The van der Waals surface area contributed by atoms with E-state index in [4.69, 9.17) is 4.74 Å². The van der Waals surface area contributed by atoms with Crippen LogP contribution >= 0.6 is 0 Å². The molecule has 0 spiro atoms.